The van der Waals surface area contributed by atoms with Gasteiger partial charge in [0.25, 0.3) is 5.91 Å². The molecule has 11 heteroatoms. The monoisotopic (exact) mass is 566 g/mol. The zero-order chi connectivity index (χ0) is 29.9. The molecule has 0 bridgehead atoms. The number of ether oxygens (including phenoxy) is 2. The summed E-state index contributed by atoms with van der Waals surface area (Å²) in [5.74, 6) is -1.02. The number of carbonyl (C=O) groups is 2. The molecule has 0 fully saturated rings. The number of halogens is 1. The average molecular weight is 567 g/mol. The van der Waals surface area contributed by atoms with Crippen molar-refractivity contribution in [2.45, 2.75) is 52.9 Å². The Morgan fingerprint density at radius 2 is 1.83 bits per heavy atom. The number of anilines is 2. The van der Waals surface area contributed by atoms with Crippen LogP contribution in [0.25, 0.3) is 0 Å². The Bertz CT molecular complexity index is 1390. The van der Waals surface area contributed by atoms with Crippen LogP contribution in [0.3, 0.4) is 0 Å². The van der Waals surface area contributed by atoms with Gasteiger partial charge in [-0.3, -0.25) is 9.59 Å². The number of aliphatic hydroxyl groups excluding tert-OH is 1. The molecule has 41 heavy (non-hydrogen) atoms. The Balaban J connectivity index is 1.89. The van der Waals surface area contributed by atoms with E-state index in [2.05, 4.69) is 15.8 Å². The Morgan fingerprint density at radius 3 is 2.46 bits per heavy atom. The lowest BCUT2D eigenvalue weighted by molar-refractivity contribution is -0.143. The summed E-state index contributed by atoms with van der Waals surface area (Å²) in [7, 11) is 0. The van der Waals surface area contributed by atoms with E-state index in [0.717, 1.165) is 17.2 Å². The van der Waals surface area contributed by atoms with Gasteiger partial charge < -0.3 is 36.2 Å². The maximum absolute atomic E-state index is 14.2. The van der Waals surface area contributed by atoms with Crippen LogP contribution in [-0.2, 0) is 29.1 Å². The second kappa shape index (κ2) is 14.7. The van der Waals surface area contributed by atoms with E-state index in [9.17, 15) is 19.1 Å². The first-order valence-electron chi connectivity index (χ1n) is 13.2. The third-order valence-corrected chi connectivity index (χ3v) is 6.03. The SMILES string of the molecule is CCOC(=O)CCc1c(CNc2ccc(F)cc2C(=O)Nc2ccc(/C(N)=N/O)cc2)cc(CO)cc1OC(C)C. The van der Waals surface area contributed by atoms with Gasteiger partial charge in [0, 0.05) is 29.9 Å². The molecule has 3 aromatic carbocycles. The van der Waals surface area contributed by atoms with Gasteiger partial charge in [0.2, 0.25) is 0 Å². The molecule has 0 saturated heterocycles. The number of amidine groups is 1. The Morgan fingerprint density at radius 1 is 1.10 bits per heavy atom. The van der Waals surface area contributed by atoms with Gasteiger partial charge in [0.15, 0.2) is 5.84 Å². The average Bonchev–Trinajstić information content (AvgIpc) is 2.95. The van der Waals surface area contributed by atoms with Crippen molar-refractivity contribution in [1.29, 1.82) is 0 Å². The first-order valence-corrected chi connectivity index (χ1v) is 13.2. The highest BCUT2D eigenvalue weighted by molar-refractivity contribution is 6.08. The van der Waals surface area contributed by atoms with Crippen molar-refractivity contribution < 1.29 is 33.8 Å². The van der Waals surface area contributed by atoms with Gasteiger partial charge in [0.05, 0.1) is 24.9 Å². The standard InChI is InChI=1S/C30H35FN4O6/c1-4-40-28(37)12-10-24-21(13-19(17-36)14-27(24)41-18(2)3)16-33-26-11-7-22(31)15-25(26)30(38)34-23-8-5-20(6-9-23)29(32)35-39/h5-9,11,13-15,18,33,36,39H,4,10,12,16-17H2,1-3H3,(H2,32,35)(H,34,38). The number of rotatable bonds is 13. The summed E-state index contributed by atoms with van der Waals surface area (Å²) in [5.41, 5.74) is 9.02. The minimum atomic E-state index is -0.590. The minimum Gasteiger partial charge on any atom is -0.491 e. The number of oxime groups is 1. The topological polar surface area (TPSA) is 155 Å². The van der Waals surface area contributed by atoms with E-state index in [4.69, 9.17) is 20.4 Å². The van der Waals surface area contributed by atoms with E-state index >= 15 is 0 Å². The zero-order valence-electron chi connectivity index (χ0n) is 23.2. The van der Waals surface area contributed by atoms with E-state index < -0.39 is 11.7 Å². The maximum atomic E-state index is 14.2. The molecule has 0 aliphatic carbocycles. The third-order valence-electron chi connectivity index (χ3n) is 6.03. The summed E-state index contributed by atoms with van der Waals surface area (Å²) in [6.07, 6.45) is 0.314. The molecule has 218 valence electrons. The second-order valence-electron chi connectivity index (χ2n) is 9.42. The number of nitrogens with zero attached hydrogens (tertiary/aromatic N) is 1. The smallest absolute Gasteiger partial charge is 0.306 e. The number of hydrogen-bond donors (Lipinski definition) is 5. The predicted octanol–water partition coefficient (Wildman–Crippen LogP) is 4.56. The molecular formula is C30H35FN4O6. The molecule has 10 nitrogen and oxygen atoms in total. The van der Waals surface area contributed by atoms with Crippen LogP contribution in [0.5, 0.6) is 5.75 Å². The lowest BCUT2D eigenvalue weighted by atomic mass is 9.98. The van der Waals surface area contributed by atoms with Gasteiger partial charge in [-0.2, -0.15) is 0 Å². The molecule has 0 aliphatic heterocycles. The lowest BCUT2D eigenvalue weighted by Gasteiger charge is -2.20. The molecular weight excluding hydrogens is 531 g/mol. The number of esters is 1. The highest BCUT2D eigenvalue weighted by atomic mass is 19.1. The first kappa shape index (κ1) is 30.9. The van der Waals surface area contributed by atoms with Crippen LogP contribution in [0.4, 0.5) is 15.8 Å². The summed E-state index contributed by atoms with van der Waals surface area (Å²) < 4.78 is 25.3. The molecule has 0 atom stereocenters. The second-order valence-corrected chi connectivity index (χ2v) is 9.42. The van der Waals surface area contributed by atoms with E-state index in [0.29, 0.717) is 34.7 Å². The number of hydrogen-bond acceptors (Lipinski definition) is 8. The number of benzene rings is 3. The van der Waals surface area contributed by atoms with Gasteiger partial charge in [-0.25, -0.2) is 4.39 Å². The molecule has 0 aromatic heterocycles. The van der Waals surface area contributed by atoms with E-state index in [1.807, 2.05) is 13.8 Å². The van der Waals surface area contributed by atoms with Gasteiger partial charge in [-0.15, -0.1) is 0 Å². The quantitative estimate of drug-likeness (QED) is 0.0663. The molecule has 0 spiro atoms. The van der Waals surface area contributed by atoms with Gasteiger partial charge in [-0.1, -0.05) is 11.2 Å². The van der Waals surface area contributed by atoms with Gasteiger partial charge >= 0.3 is 5.97 Å². The van der Waals surface area contributed by atoms with Crippen molar-refractivity contribution in [2.24, 2.45) is 10.9 Å². The molecule has 0 unspecified atom stereocenters. The molecule has 1 amide bonds. The van der Waals surface area contributed by atoms with Crippen molar-refractivity contribution in [3.05, 3.63) is 88.2 Å². The number of nitrogens with two attached hydrogens (primary N) is 1. The summed E-state index contributed by atoms with van der Waals surface area (Å²) in [6.45, 7) is 5.75. The molecule has 3 rings (SSSR count). The highest BCUT2D eigenvalue weighted by Gasteiger charge is 2.18. The minimum absolute atomic E-state index is 0.0653. The van der Waals surface area contributed by atoms with E-state index in [1.165, 1.54) is 12.1 Å². The summed E-state index contributed by atoms with van der Waals surface area (Å²) >= 11 is 0. The van der Waals surface area contributed by atoms with Crippen LogP contribution in [0.2, 0.25) is 0 Å². The molecule has 3 aromatic rings. The van der Waals surface area contributed by atoms with Crippen molar-refractivity contribution in [2.75, 3.05) is 17.2 Å². The highest BCUT2D eigenvalue weighted by Crippen LogP contribution is 2.29. The number of carbonyl (C=O) groups excluding carboxylic acids is 2. The number of nitrogens with one attached hydrogen (secondary N) is 2. The van der Waals surface area contributed by atoms with Crippen molar-refractivity contribution >= 4 is 29.1 Å². The van der Waals surface area contributed by atoms with Crippen LogP contribution in [0.15, 0.2) is 59.8 Å². The largest absolute Gasteiger partial charge is 0.491 e. The lowest BCUT2D eigenvalue weighted by Crippen LogP contribution is -2.17. The van der Waals surface area contributed by atoms with Crippen LogP contribution in [0.1, 0.15) is 59.8 Å². The maximum Gasteiger partial charge on any atom is 0.306 e. The van der Waals surface area contributed by atoms with Crippen LogP contribution >= 0.6 is 0 Å². The van der Waals surface area contributed by atoms with Crippen molar-refractivity contribution in [3.63, 3.8) is 0 Å². The molecule has 0 aliphatic rings. The third kappa shape index (κ3) is 8.67. The Labute approximate surface area is 238 Å². The van der Waals surface area contributed by atoms with Crippen LogP contribution in [0, 0.1) is 5.82 Å². The Kier molecular flexibility index (Phi) is 11.0. The fraction of sp³-hybridized carbons (Fsp3) is 0.300. The van der Waals surface area contributed by atoms with Crippen molar-refractivity contribution in [3.8, 4) is 5.75 Å². The Hall–Kier alpha value is -4.64. The summed E-state index contributed by atoms with van der Waals surface area (Å²) in [6, 6.07) is 13.7. The van der Waals surface area contributed by atoms with Gasteiger partial charge in [0.1, 0.15) is 11.6 Å². The predicted molar refractivity (Wildman–Crippen MR) is 154 cm³/mol. The number of amides is 1. The van der Waals surface area contributed by atoms with Crippen LogP contribution in [-0.4, -0.2) is 40.7 Å². The fourth-order valence-electron chi connectivity index (χ4n) is 4.15. The first-order chi connectivity index (χ1) is 19.6. The molecule has 0 radical (unpaired) electrons. The van der Waals surface area contributed by atoms with Crippen LogP contribution < -0.4 is 21.1 Å². The molecule has 6 N–H and O–H groups in total. The van der Waals surface area contributed by atoms with E-state index in [-0.39, 0.29) is 49.7 Å². The number of aliphatic hydroxyl groups is 1. The van der Waals surface area contributed by atoms with Crippen molar-refractivity contribution in [1.82, 2.24) is 0 Å². The van der Waals surface area contributed by atoms with E-state index in [1.54, 1.807) is 43.3 Å². The normalized spacial score (nSPS) is 11.3. The molecule has 0 saturated carbocycles. The van der Waals surface area contributed by atoms with Gasteiger partial charge in [-0.05, 0) is 92.4 Å². The summed E-state index contributed by atoms with van der Waals surface area (Å²) in [5, 5.41) is 27.6. The summed E-state index contributed by atoms with van der Waals surface area (Å²) in [4.78, 5) is 25.3. The zero-order valence-corrected chi connectivity index (χ0v) is 23.2. The fourth-order valence-corrected chi connectivity index (χ4v) is 4.15. The molecule has 0 heterocycles.